The van der Waals surface area contributed by atoms with Crippen molar-refractivity contribution in [2.45, 2.75) is 43.8 Å². The number of halogens is 7. The van der Waals surface area contributed by atoms with Crippen LogP contribution in [0.15, 0.2) is 42.5 Å². The van der Waals surface area contributed by atoms with Crippen molar-refractivity contribution in [3.63, 3.8) is 0 Å². The Bertz CT molecular complexity index is 1080. The molecule has 2 saturated heterocycles. The highest BCUT2D eigenvalue weighted by atomic mass is 19.4. The Morgan fingerprint density at radius 3 is 2.05 bits per heavy atom. The van der Waals surface area contributed by atoms with E-state index in [9.17, 15) is 35.5 Å². The number of ether oxygens (including phenoxy) is 1. The molecule has 0 aromatic heterocycles. The van der Waals surface area contributed by atoms with E-state index in [1.165, 1.54) is 30.7 Å². The molecular formula is C26H28F7N3O2. The first-order valence-corrected chi connectivity index (χ1v) is 12.3. The molecule has 2 aromatic rings. The molecule has 2 fully saturated rings. The largest absolute Gasteiger partial charge is 0.416 e. The van der Waals surface area contributed by atoms with Crippen molar-refractivity contribution in [3.05, 3.63) is 70.5 Å². The first-order valence-electron chi connectivity index (χ1n) is 12.3. The number of benzene rings is 2. The fourth-order valence-corrected chi connectivity index (χ4v) is 4.89. The van der Waals surface area contributed by atoms with Crippen LogP contribution in [-0.2, 0) is 29.2 Å². The fourth-order valence-electron chi connectivity index (χ4n) is 4.89. The van der Waals surface area contributed by atoms with E-state index in [1.54, 1.807) is 4.90 Å². The van der Waals surface area contributed by atoms with E-state index in [4.69, 9.17) is 4.74 Å². The molecule has 1 atom stereocenters. The number of amides is 2. The summed E-state index contributed by atoms with van der Waals surface area (Å²) >= 11 is 0. The molecule has 208 valence electrons. The van der Waals surface area contributed by atoms with Crippen LogP contribution in [0.4, 0.5) is 35.5 Å². The number of rotatable bonds is 8. The van der Waals surface area contributed by atoms with Crippen molar-refractivity contribution in [1.82, 2.24) is 15.1 Å². The number of hydrogen-bond acceptors (Lipinski definition) is 3. The van der Waals surface area contributed by atoms with E-state index < -0.39 is 41.4 Å². The number of urea groups is 1. The summed E-state index contributed by atoms with van der Waals surface area (Å²) in [5.41, 5.74) is -3.84. The van der Waals surface area contributed by atoms with Gasteiger partial charge in [0.05, 0.1) is 30.9 Å². The summed E-state index contributed by atoms with van der Waals surface area (Å²) in [7, 11) is 0. The highest BCUT2D eigenvalue weighted by Gasteiger charge is 2.44. The zero-order valence-electron chi connectivity index (χ0n) is 20.5. The first kappa shape index (κ1) is 28.2. The van der Waals surface area contributed by atoms with E-state index in [2.05, 4.69) is 10.2 Å². The number of likely N-dealkylation sites (tertiary alicyclic amines) is 1. The molecule has 12 heteroatoms. The maximum Gasteiger partial charge on any atom is 0.416 e. The fraction of sp³-hybridized carbons (Fsp3) is 0.500. The Labute approximate surface area is 215 Å². The second-order valence-electron chi connectivity index (χ2n) is 9.75. The quantitative estimate of drug-likeness (QED) is 0.426. The molecule has 2 aromatic carbocycles. The lowest BCUT2D eigenvalue weighted by Crippen LogP contribution is -2.45. The smallest absolute Gasteiger partial charge is 0.374 e. The Hall–Kier alpha value is -2.86. The van der Waals surface area contributed by atoms with Crippen molar-refractivity contribution < 1.29 is 40.3 Å². The van der Waals surface area contributed by atoms with Crippen LogP contribution in [0.5, 0.6) is 0 Å². The summed E-state index contributed by atoms with van der Waals surface area (Å²) in [4.78, 5) is 16.7. The van der Waals surface area contributed by atoms with Gasteiger partial charge in [-0.15, -0.1) is 0 Å². The highest BCUT2D eigenvalue weighted by Crippen LogP contribution is 2.37. The molecule has 0 saturated carbocycles. The molecule has 4 rings (SSSR count). The first-order chi connectivity index (χ1) is 17.9. The topological polar surface area (TPSA) is 44.8 Å². The number of hydrogen-bond donors (Lipinski definition) is 1. The van der Waals surface area contributed by atoms with Crippen LogP contribution in [-0.4, -0.2) is 55.2 Å². The molecule has 0 radical (unpaired) electrons. The lowest BCUT2D eigenvalue weighted by atomic mass is 9.91. The van der Waals surface area contributed by atoms with Gasteiger partial charge in [0.25, 0.3) is 0 Å². The number of carbonyl (C=O) groups excluding carboxylic acids is 1. The summed E-state index contributed by atoms with van der Waals surface area (Å²) in [5.74, 6) is -0.500. The van der Waals surface area contributed by atoms with Gasteiger partial charge in [0.2, 0.25) is 0 Å². The maximum absolute atomic E-state index is 13.6. The van der Waals surface area contributed by atoms with Gasteiger partial charge in [-0.25, -0.2) is 9.18 Å². The van der Waals surface area contributed by atoms with Crippen LogP contribution in [0.2, 0.25) is 0 Å². The molecule has 2 aliphatic heterocycles. The zero-order valence-corrected chi connectivity index (χ0v) is 20.5. The van der Waals surface area contributed by atoms with E-state index in [-0.39, 0.29) is 30.8 Å². The van der Waals surface area contributed by atoms with Crippen molar-refractivity contribution >= 4 is 6.03 Å². The minimum Gasteiger partial charge on any atom is -0.374 e. The van der Waals surface area contributed by atoms with Crippen molar-refractivity contribution in [2.24, 2.45) is 0 Å². The summed E-state index contributed by atoms with van der Waals surface area (Å²) in [6, 6.07) is 6.26. The number of alkyl halides is 6. The summed E-state index contributed by atoms with van der Waals surface area (Å²) < 4.78 is 98.5. The molecular weight excluding hydrogens is 519 g/mol. The Morgan fingerprint density at radius 1 is 0.868 bits per heavy atom. The molecule has 2 amide bonds. The van der Waals surface area contributed by atoms with Crippen molar-refractivity contribution in [2.75, 3.05) is 39.3 Å². The number of nitrogens with zero attached hydrogens (tertiary/aromatic N) is 2. The molecule has 0 spiro atoms. The molecule has 0 aliphatic carbocycles. The van der Waals surface area contributed by atoms with Gasteiger partial charge in [-0.05, 0) is 67.4 Å². The summed E-state index contributed by atoms with van der Waals surface area (Å²) in [5, 5.41) is 2.86. The van der Waals surface area contributed by atoms with Crippen LogP contribution < -0.4 is 5.32 Å². The van der Waals surface area contributed by atoms with Crippen LogP contribution in [0, 0.1) is 5.82 Å². The number of nitrogens with one attached hydrogen (secondary N) is 1. The van der Waals surface area contributed by atoms with Crippen molar-refractivity contribution in [1.29, 1.82) is 0 Å². The lowest BCUT2D eigenvalue weighted by Gasteiger charge is -2.30. The zero-order chi connectivity index (χ0) is 27.6. The molecule has 5 nitrogen and oxygen atoms in total. The van der Waals surface area contributed by atoms with Crippen molar-refractivity contribution in [3.8, 4) is 0 Å². The van der Waals surface area contributed by atoms with Gasteiger partial charge in [-0.1, -0.05) is 18.6 Å². The van der Waals surface area contributed by atoms with Crippen LogP contribution in [0.25, 0.3) is 0 Å². The Balaban J connectivity index is 1.51. The SMILES string of the molecule is O=C1NC(COCc2cc(C(F)(F)F)cc(C(F)(F)F)c2)(c2ccc(F)cc2)CN1CCN1CCCCC1. The monoisotopic (exact) mass is 547 g/mol. The highest BCUT2D eigenvalue weighted by molar-refractivity contribution is 5.78. The van der Waals surface area contributed by atoms with Crippen LogP contribution >= 0.6 is 0 Å². The van der Waals surface area contributed by atoms with Gasteiger partial charge >= 0.3 is 18.4 Å². The predicted octanol–water partition coefficient (Wildman–Crippen LogP) is 5.79. The third-order valence-electron chi connectivity index (χ3n) is 6.89. The Kier molecular flexibility index (Phi) is 8.22. The normalized spacial score (nSPS) is 21.1. The maximum atomic E-state index is 13.6. The predicted molar refractivity (Wildman–Crippen MR) is 125 cm³/mol. The van der Waals surface area contributed by atoms with E-state index in [0.717, 1.165) is 25.9 Å². The van der Waals surface area contributed by atoms with Gasteiger partial charge in [-0.2, -0.15) is 26.3 Å². The van der Waals surface area contributed by atoms with Gasteiger partial charge in [0.15, 0.2) is 0 Å². The summed E-state index contributed by atoms with van der Waals surface area (Å²) in [6.45, 7) is 2.32. The number of piperidine rings is 1. The standard InChI is InChI=1S/C26H28F7N3O2/c27-22-6-4-19(5-7-22)24(16-36(23(37)34-24)11-10-35-8-2-1-3-9-35)17-38-15-18-12-20(25(28,29)30)14-21(13-18)26(31,32)33/h4-7,12-14H,1-3,8-11,15-17H2,(H,34,37). The van der Waals surface area contributed by atoms with Gasteiger partial charge in [0.1, 0.15) is 11.4 Å². The van der Waals surface area contributed by atoms with Gasteiger partial charge in [0, 0.05) is 13.1 Å². The second-order valence-corrected chi connectivity index (χ2v) is 9.75. The Morgan fingerprint density at radius 2 is 1.47 bits per heavy atom. The van der Waals surface area contributed by atoms with Gasteiger partial charge < -0.3 is 19.9 Å². The molecule has 1 N–H and O–H groups in total. The average molecular weight is 548 g/mol. The molecule has 2 heterocycles. The third kappa shape index (κ3) is 6.76. The molecule has 0 bridgehead atoms. The molecule has 2 aliphatic rings. The van der Waals surface area contributed by atoms with E-state index >= 15 is 0 Å². The lowest BCUT2D eigenvalue weighted by molar-refractivity contribution is -0.143. The molecule has 38 heavy (non-hydrogen) atoms. The minimum atomic E-state index is -4.97. The number of carbonyl (C=O) groups is 1. The second kappa shape index (κ2) is 11.1. The van der Waals surface area contributed by atoms with E-state index in [1.807, 2.05) is 0 Å². The van der Waals surface area contributed by atoms with E-state index in [0.29, 0.717) is 30.8 Å². The molecule has 1 unspecified atom stereocenters. The van der Waals surface area contributed by atoms with Gasteiger partial charge in [-0.3, -0.25) is 0 Å². The average Bonchev–Trinajstić information content (AvgIpc) is 3.18. The third-order valence-corrected chi connectivity index (χ3v) is 6.89. The summed E-state index contributed by atoms with van der Waals surface area (Å²) in [6.07, 6.45) is -6.60. The van der Waals surface area contributed by atoms with Crippen LogP contribution in [0.3, 0.4) is 0 Å². The minimum absolute atomic E-state index is 0.0565. The van der Waals surface area contributed by atoms with Crippen LogP contribution in [0.1, 0.15) is 41.5 Å².